The minimum atomic E-state index is 0.0434. The number of carbonyl (C=O) groups is 2. The van der Waals surface area contributed by atoms with Crippen molar-refractivity contribution in [3.63, 3.8) is 0 Å². The second-order valence-electron chi connectivity index (χ2n) is 3.87. The van der Waals surface area contributed by atoms with Gasteiger partial charge in [0.25, 0.3) is 0 Å². The molecule has 0 radical (unpaired) electrons. The van der Waals surface area contributed by atoms with Crippen molar-refractivity contribution >= 4 is 17.4 Å². The fraction of sp³-hybridized carbons (Fsp3) is 0.333. The van der Waals surface area contributed by atoms with E-state index in [9.17, 15) is 9.59 Å². The number of rotatable bonds is 2. The molecule has 0 spiro atoms. The summed E-state index contributed by atoms with van der Waals surface area (Å²) >= 11 is 0. The van der Waals surface area contributed by atoms with Crippen LogP contribution in [-0.2, 0) is 4.79 Å². The van der Waals surface area contributed by atoms with Crippen LogP contribution in [0.3, 0.4) is 0 Å². The summed E-state index contributed by atoms with van der Waals surface area (Å²) in [5.41, 5.74) is 1.69. The molecule has 1 aliphatic rings. The van der Waals surface area contributed by atoms with E-state index >= 15 is 0 Å². The maximum Gasteiger partial charge on any atom is 0.239 e. The van der Waals surface area contributed by atoms with E-state index in [1.54, 1.807) is 19.1 Å². The molecular formula is C12H14N2O2. The van der Waals surface area contributed by atoms with Crippen molar-refractivity contribution in [3.8, 4) is 0 Å². The number of piperazine rings is 1. The molecule has 0 bridgehead atoms. The van der Waals surface area contributed by atoms with Crippen LogP contribution in [0, 0.1) is 0 Å². The molecule has 1 amide bonds. The fourth-order valence-electron chi connectivity index (χ4n) is 1.77. The molecule has 16 heavy (non-hydrogen) atoms. The summed E-state index contributed by atoms with van der Waals surface area (Å²) in [5, 5.41) is 2.78. The molecule has 0 saturated carbocycles. The molecule has 1 N–H and O–H groups in total. The number of nitrogens with one attached hydrogen (secondary N) is 1. The second kappa shape index (κ2) is 4.35. The summed E-state index contributed by atoms with van der Waals surface area (Å²) in [6, 6.07) is 7.36. The third-order valence-corrected chi connectivity index (χ3v) is 2.68. The highest BCUT2D eigenvalue weighted by molar-refractivity contribution is 5.94. The molecule has 2 rings (SSSR count). The molecule has 1 saturated heterocycles. The maximum absolute atomic E-state index is 11.2. The average Bonchev–Trinajstić information content (AvgIpc) is 2.29. The van der Waals surface area contributed by atoms with E-state index in [4.69, 9.17) is 0 Å². The molecule has 4 nitrogen and oxygen atoms in total. The summed E-state index contributed by atoms with van der Waals surface area (Å²) in [5.74, 6) is 0.102. The summed E-state index contributed by atoms with van der Waals surface area (Å²) in [4.78, 5) is 24.3. The molecule has 1 aromatic rings. The minimum absolute atomic E-state index is 0.0434. The zero-order valence-corrected chi connectivity index (χ0v) is 9.19. The van der Waals surface area contributed by atoms with Crippen LogP contribution in [0.1, 0.15) is 17.3 Å². The van der Waals surface area contributed by atoms with Gasteiger partial charge in [0.1, 0.15) is 0 Å². The smallest absolute Gasteiger partial charge is 0.239 e. The zero-order valence-electron chi connectivity index (χ0n) is 9.19. The Hall–Kier alpha value is -1.84. The van der Waals surface area contributed by atoms with E-state index in [0.717, 1.165) is 12.2 Å². The normalized spacial score (nSPS) is 15.8. The molecule has 0 aliphatic carbocycles. The van der Waals surface area contributed by atoms with Gasteiger partial charge in [-0.1, -0.05) is 0 Å². The maximum atomic E-state index is 11.2. The summed E-state index contributed by atoms with van der Waals surface area (Å²) in [6.07, 6.45) is 0. The van der Waals surface area contributed by atoms with Crippen LogP contribution >= 0.6 is 0 Å². The summed E-state index contributed by atoms with van der Waals surface area (Å²) in [7, 11) is 0. The van der Waals surface area contributed by atoms with Crippen molar-refractivity contribution in [2.24, 2.45) is 0 Å². The number of hydrogen-bond donors (Lipinski definition) is 1. The Morgan fingerprint density at radius 2 is 2.00 bits per heavy atom. The predicted molar refractivity (Wildman–Crippen MR) is 61.7 cm³/mol. The largest absolute Gasteiger partial charge is 0.360 e. The Labute approximate surface area is 94.2 Å². The first-order chi connectivity index (χ1) is 7.66. The minimum Gasteiger partial charge on any atom is -0.360 e. The molecule has 1 heterocycles. The lowest BCUT2D eigenvalue weighted by Crippen LogP contribution is -2.47. The van der Waals surface area contributed by atoms with Gasteiger partial charge >= 0.3 is 0 Å². The van der Waals surface area contributed by atoms with Crippen molar-refractivity contribution in [2.45, 2.75) is 6.92 Å². The lowest BCUT2D eigenvalue weighted by molar-refractivity contribution is -0.120. The highest BCUT2D eigenvalue weighted by Crippen LogP contribution is 2.16. The van der Waals surface area contributed by atoms with Gasteiger partial charge in [0, 0.05) is 24.3 Å². The van der Waals surface area contributed by atoms with Crippen LogP contribution in [0.4, 0.5) is 5.69 Å². The third-order valence-electron chi connectivity index (χ3n) is 2.68. The molecule has 1 fully saturated rings. The van der Waals surface area contributed by atoms with Gasteiger partial charge in [0.05, 0.1) is 6.54 Å². The van der Waals surface area contributed by atoms with E-state index in [1.165, 1.54) is 0 Å². The average molecular weight is 218 g/mol. The number of ketones is 1. The van der Waals surface area contributed by atoms with Crippen LogP contribution in [0.15, 0.2) is 24.3 Å². The van der Waals surface area contributed by atoms with Crippen molar-refractivity contribution in [2.75, 3.05) is 24.5 Å². The number of nitrogens with zero attached hydrogens (tertiary/aromatic N) is 1. The summed E-state index contributed by atoms with van der Waals surface area (Å²) < 4.78 is 0. The number of anilines is 1. The first-order valence-corrected chi connectivity index (χ1v) is 5.29. The second-order valence-corrected chi connectivity index (χ2v) is 3.87. The van der Waals surface area contributed by atoms with Crippen LogP contribution in [0.5, 0.6) is 0 Å². The molecule has 4 heteroatoms. The molecule has 0 atom stereocenters. The Balaban J connectivity index is 2.14. The topological polar surface area (TPSA) is 49.4 Å². The fourth-order valence-corrected chi connectivity index (χ4v) is 1.77. The Bertz CT molecular complexity index is 412. The van der Waals surface area contributed by atoms with Crippen LogP contribution in [0.2, 0.25) is 0 Å². The molecule has 84 valence electrons. The highest BCUT2D eigenvalue weighted by Gasteiger charge is 2.16. The predicted octanol–water partition coefficient (Wildman–Crippen LogP) is 0.825. The van der Waals surface area contributed by atoms with Gasteiger partial charge in [-0.25, -0.2) is 0 Å². The quantitative estimate of drug-likeness (QED) is 0.748. The van der Waals surface area contributed by atoms with Crippen molar-refractivity contribution < 1.29 is 9.59 Å². The first kappa shape index (κ1) is 10.7. The standard InChI is InChI=1S/C12H14N2O2/c1-9(15)10-2-4-11(5-3-10)14-7-6-13-12(16)8-14/h2-5H,6-8H2,1H3,(H,13,16). The van der Waals surface area contributed by atoms with Crippen molar-refractivity contribution in [3.05, 3.63) is 29.8 Å². The van der Waals surface area contributed by atoms with E-state index in [0.29, 0.717) is 18.7 Å². The van der Waals surface area contributed by atoms with Gasteiger partial charge in [-0.3, -0.25) is 9.59 Å². The highest BCUT2D eigenvalue weighted by atomic mass is 16.2. The molecule has 1 aromatic carbocycles. The Kier molecular flexibility index (Phi) is 2.90. The van der Waals surface area contributed by atoms with E-state index < -0.39 is 0 Å². The number of amides is 1. The Morgan fingerprint density at radius 1 is 1.31 bits per heavy atom. The summed E-state index contributed by atoms with van der Waals surface area (Å²) in [6.45, 7) is 3.42. The van der Waals surface area contributed by atoms with Gasteiger partial charge in [-0.15, -0.1) is 0 Å². The number of carbonyl (C=O) groups excluding carboxylic acids is 2. The van der Waals surface area contributed by atoms with E-state index in [1.807, 2.05) is 17.0 Å². The van der Waals surface area contributed by atoms with Gasteiger partial charge in [-0.2, -0.15) is 0 Å². The van der Waals surface area contributed by atoms with Crippen LogP contribution in [-0.4, -0.2) is 31.3 Å². The number of benzene rings is 1. The monoisotopic (exact) mass is 218 g/mol. The van der Waals surface area contributed by atoms with E-state index in [-0.39, 0.29) is 11.7 Å². The molecule has 1 aliphatic heterocycles. The number of Topliss-reactive ketones (excluding diaryl/α,β-unsaturated/α-hetero) is 1. The van der Waals surface area contributed by atoms with Crippen molar-refractivity contribution in [1.82, 2.24) is 5.32 Å². The third kappa shape index (κ3) is 2.21. The molecule has 0 unspecified atom stereocenters. The van der Waals surface area contributed by atoms with Crippen molar-refractivity contribution in [1.29, 1.82) is 0 Å². The lowest BCUT2D eigenvalue weighted by atomic mass is 10.1. The van der Waals surface area contributed by atoms with Gasteiger partial charge < -0.3 is 10.2 Å². The lowest BCUT2D eigenvalue weighted by Gasteiger charge is -2.28. The van der Waals surface area contributed by atoms with Crippen LogP contribution in [0.25, 0.3) is 0 Å². The van der Waals surface area contributed by atoms with Gasteiger partial charge in [0.2, 0.25) is 5.91 Å². The van der Waals surface area contributed by atoms with Gasteiger partial charge in [0.15, 0.2) is 5.78 Å². The zero-order chi connectivity index (χ0) is 11.5. The SMILES string of the molecule is CC(=O)c1ccc(N2CCNC(=O)C2)cc1. The Morgan fingerprint density at radius 3 is 2.56 bits per heavy atom. The van der Waals surface area contributed by atoms with E-state index in [2.05, 4.69) is 5.32 Å². The van der Waals surface area contributed by atoms with Crippen LogP contribution < -0.4 is 10.2 Å². The van der Waals surface area contributed by atoms with Gasteiger partial charge in [-0.05, 0) is 31.2 Å². The molecular weight excluding hydrogens is 204 g/mol. The first-order valence-electron chi connectivity index (χ1n) is 5.29. The number of hydrogen-bond acceptors (Lipinski definition) is 3. The molecule has 0 aromatic heterocycles.